The molecule has 10 aromatic rings. The molecule has 1 heterocycles. The molecule has 1 aliphatic rings. The van der Waals surface area contributed by atoms with Crippen molar-refractivity contribution in [1.82, 2.24) is 0 Å². The van der Waals surface area contributed by atoms with Gasteiger partial charge in [0.1, 0.15) is 11.2 Å². The lowest BCUT2D eigenvalue weighted by Crippen LogP contribution is -2.19. The SMILES string of the molecule is CC1(c2ccc(N(c3ccc(-c4ccccc4)cc3)c3ccc4oc5ccc(N(c6ccc(-c7ccccc7)cc6)c6ccc(-c7ccccc7)cc6)cc5c4c3)cc2)C=CC=CC1. The number of allylic oxidation sites excluding steroid dienone is 4. The van der Waals surface area contributed by atoms with Gasteiger partial charge in [-0.15, -0.1) is 0 Å². The average Bonchev–Trinajstić information content (AvgIpc) is 3.73. The summed E-state index contributed by atoms with van der Waals surface area (Å²) in [5.41, 5.74) is 16.5. The van der Waals surface area contributed by atoms with Crippen LogP contribution in [0.4, 0.5) is 34.1 Å². The number of furan rings is 1. The van der Waals surface area contributed by atoms with Gasteiger partial charge in [0.15, 0.2) is 0 Å². The van der Waals surface area contributed by atoms with Crippen molar-refractivity contribution in [3.63, 3.8) is 0 Å². The summed E-state index contributed by atoms with van der Waals surface area (Å²) in [4.78, 5) is 4.69. The van der Waals surface area contributed by atoms with Crippen LogP contribution in [0.25, 0.3) is 55.3 Å². The molecule has 1 aliphatic carbocycles. The number of fused-ring (bicyclic) bond motifs is 3. The van der Waals surface area contributed by atoms with Crippen LogP contribution >= 0.6 is 0 Å². The molecule has 0 radical (unpaired) electrons. The van der Waals surface area contributed by atoms with E-state index < -0.39 is 0 Å². The van der Waals surface area contributed by atoms with Crippen molar-refractivity contribution in [2.45, 2.75) is 18.8 Å². The fraction of sp³-hybridized carbons (Fsp3) is 0.0492. The van der Waals surface area contributed by atoms with Gasteiger partial charge in [-0.1, -0.05) is 171 Å². The Morgan fingerprint density at radius 1 is 0.359 bits per heavy atom. The molecule has 3 heteroatoms. The summed E-state index contributed by atoms with van der Waals surface area (Å²) >= 11 is 0. The lowest BCUT2D eigenvalue weighted by atomic mass is 9.77. The molecule has 0 fully saturated rings. The maximum Gasteiger partial charge on any atom is 0.135 e. The van der Waals surface area contributed by atoms with Gasteiger partial charge in [-0.05, 0) is 130 Å². The van der Waals surface area contributed by atoms with Crippen molar-refractivity contribution in [3.05, 3.63) is 254 Å². The molecule has 0 spiro atoms. The minimum Gasteiger partial charge on any atom is -0.456 e. The van der Waals surface area contributed by atoms with Crippen LogP contribution in [0, 0.1) is 0 Å². The van der Waals surface area contributed by atoms with Crippen molar-refractivity contribution in [3.8, 4) is 33.4 Å². The molecule has 306 valence electrons. The van der Waals surface area contributed by atoms with Crippen molar-refractivity contribution < 1.29 is 4.42 Å². The molecule has 1 aromatic heterocycles. The topological polar surface area (TPSA) is 19.6 Å². The van der Waals surface area contributed by atoms with Crippen molar-refractivity contribution in [2.24, 2.45) is 0 Å². The third kappa shape index (κ3) is 7.48. The molecular weight excluding hydrogens is 777 g/mol. The molecule has 0 amide bonds. The van der Waals surface area contributed by atoms with E-state index in [9.17, 15) is 0 Å². The van der Waals surface area contributed by atoms with Gasteiger partial charge < -0.3 is 14.2 Å². The van der Waals surface area contributed by atoms with Gasteiger partial charge in [0, 0.05) is 50.3 Å². The molecule has 0 saturated heterocycles. The molecule has 0 N–H and O–H groups in total. The normalized spacial score (nSPS) is 14.5. The van der Waals surface area contributed by atoms with E-state index in [1.165, 1.54) is 38.9 Å². The molecule has 0 bridgehead atoms. The summed E-state index contributed by atoms with van der Waals surface area (Å²) in [6, 6.07) is 80.5. The minimum absolute atomic E-state index is 0.0382. The zero-order valence-electron chi connectivity index (χ0n) is 35.7. The summed E-state index contributed by atoms with van der Waals surface area (Å²) in [6.07, 6.45) is 9.85. The first-order valence-corrected chi connectivity index (χ1v) is 22.0. The summed E-state index contributed by atoms with van der Waals surface area (Å²) < 4.78 is 6.58. The van der Waals surface area contributed by atoms with E-state index in [-0.39, 0.29) is 5.41 Å². The predicted octanol–water partition coefficient (Wildman–Crippen LogP) is 17.3. The second kappa shape index (κ2) is 16.6. The number of benzene rings is 9. The average molecular weight is 823 g/mol. The molecule has 1 atom stereocenters. The third-order valence-electron chi connectivity index (χ3n) is 12.7. The van der Waals surface area contributed by atoms with Crippen LogP contribution in [-0.4, -0.2) is 0 Å². The van der Waals surface area contributed by atoms with Gasteiger partial charge in [0.2, 0.25) is 0 Å². The Balaban J connectivity index is 1.02. The Hall–Kier alpha value is -8.14. The van der Waals surface area contributed by atoms with E-state index in [4.69, 9.17) is 4.42 Å². The fourth-order valence-electron chi connectivity index (χ4n) is 9.16. The Morgan fingerprint density at radius 3 is 1.06 bits per heavy atom. The standard InChI is InChI=1S/C61H46N2O/c1-61(40-12-5-13-41-61)50-26-34-54(35-27-50)63(53-32-24-49(25-33-53)46-18-10-4-11-19-46)56-37-39-60-58(43-56)57-42-55(36-38-59(57)64-60)62(51-28-20-47(21-29-51)44-14-6-2-7-15-44)52-30-22-48(23-31-52)45-16-8-3-9-17-45/h2-40,42-43H,41H2,1H3. The molecule has 1 unspecified atom stereocenters. The molecule has 9 aromatic carbocycles. The smallest absolute Gasteiger partial charge is 0.135 e. The zero-order chi connectivity index (χ0) is 42.9. The molecule has 0 aliphatic heterocycles. The van der Waals surface area contributed by atoms with Gasteiger partial charge in [0.05, 0.1) is 0 Å². The highest BCUT2D eigenvalue weighted by molar-refractivity contribution is 6.08. The first-order valence-electron chi connectivity index (χ1n) is 22.0. The Bertz CT molecular complexity index is 3180. The van der Waals surface area contributed by atoms with Crippen LogP contribution in [-0.2, 0) is 5.41 Å². The number of hydrogen-bond acceptors (Lipinski definition) is 3. The Morgan fingerprint density at radius 2 is 0.703 bits per heavy atom. The van der Waals surface area contributed by atoms with Gasteiger partial charge in [-0.2, -0.15) is 0 Å². The lowest BCUT2D eigenvalue weighted by molar-refractivity contribution is 0.600. The monoisotopic (exact) mass is 822 g/mol. The highest BCUT2D eigenvalue weighted by Gasteiger charge is 2.24. The highest BCUT2D eigenvalue weighted by atomic mass is 16.3. The van der Waals surface area contributed by atoms with Crippen LogP contribution in [0.1, 0.15) is 18.9 Å². The van der Waals surface area contributed by atoms with Crippen molar-refractivity contribution >= 4 is 56.1 Å². The summed E-state index contributed by atoms with van der Waals surface area (Å²) in [7, 11) is 0. The van der Waals surface area contributed by atoms with Gasteiger partial charge >= 0.3 is 0 Å². The number of anilines is 6. The van der Waals surface area contributed by atoms with E-state index >= 15 is 0 Å². The van der Waals surface area contributed by atoms with Crippen LogP contribution in [0.3, 0.4) is 0 Å². The summed E-state index contributed by atoms with van der Waals surface area (Å²) in [5, 5.41) is 2.11. The van der Waals surface area contributed by atoms with Crippen LogP contribution in [0.15, 0.2) is 253 Å². The van der Waals surface area contributed by atoms with Gasteiger partial charge in [-0.3, -0.25) is 0 Å². The first-order chi connectivity index (χ1) is 31.6. The van der Waals surface area contributed by atoms with Crippen LogP contribution in [0.5, 0.6) is 0 Å². The second-order valence-electron chi connectivity index (χ2n) is 16.8. The number of nitrogens with zero attached hydrogens (tertiary/aromatic N) is 2. The van der Waals surface area contributed by atoms with Crippen molar-refractivity contribution in [2.75, 3.05) is 9.80 Å². The van der Waals surface area contributed by atoms with E-state index in [1.54, 1.807) is 0 Å². The maximum absolute atomic E-state index is 6.58. The first kappa shape index (κ1) is 38.8. The van der Waals surface area contributed by atoms with E-state index in [2.05, 4.69) is 265 Å². The third-order valence-corrected chi connectivity index (χ3v) is 12.7. The summed E-state index contributed by atoms with van der Waals surface area (Å²) in [5.74, 6) is 0. The Kier molecular flexibility index (Phi) is 10.1. The summed E-state index contributed by atoms with van der Waals surface area (Å²) in [6.45, 7) is 2.31. The van der Waals surface area contributed by atoms with E-state index in [0.717, 1.165) is 62.5 Å². The predicted molar refractivity (Wildman–Crippen MR) is 270 cm³/mol. The number of rotatable bonds is 10. The van der Waals surface area contributed by atoms with Gasteiger partial charge in [-0.25, -0.2) is 0 Å². The van der Waals surface area contributed by atoms with E-state index in [1.807, 2.05) is 0 Å². The quantitative estimate of drug-likeness (QED) is 0.137. The Labute approximate surface area is 375 Å². The second-order valence-corrected chi connectivity index (χ2v) is 16.8. The number of hydrogen-bond donors (Lipinski definition) is 0. The van der Waals surface area contributed by atoms with Crippen LogP contribution < -0.4 is 9.80 Å². The largest absolute Gasteiger partial charge is 0.456 e. The molecule has 0 saturated carbocycles. The molecule has 11 rings (SSSR count). The fourth-order valence-corrected chi connectivity index (χ4v) is 9.16. The van der Waals surface area contributed by atoms with Gasteiger partial charge in [0.25, 0.3) is 0 Å². The molecular formula is C61H46N2O. The van der Waals surface area contributed by atoms with E-state index in [0.29, 0.717) is 0 Å². The van der Waals surface area contributed by atoms with Crippen LogP contribution in [0.2, 0.25) is 0 Å². The van der Waals surface area contributed by atoms with Crippen molar-refractivity contribution in [1.29, 1.82) is 0 Å². The maximum atomic E-state index is 6.58. The molecule has 64 heavy (non-hydrogen) atoms. The lowest BCUT2D eigenvalue weighted by Gasteiger charge is -2.29. The minimum atomic E-state index is -0.0382. The highest BCUT2D eigenvalue weighted by Crippen LogP contribution is 2.43. The zero-order valence-corrected chi connectivity index (χ0v) is 35.7. The molecule has 3 nitrogen and oxygen atoms in total.